The summed E-state index contributed by atoms with van der Waals surface area (Å²) in [7, 11) is 0. The molecular formula is C45H86O6. The van der Waals surface area contributed by atoms with E-state index in [-0.39, 0.29) is 31.1 Å². The molecule has 0 fully saturated rings. The largest absolute Gasteiger partial charge is 0.462 e. The molecule has 0 rings (SSSR count). The molecule has 0 amide bonds. The van der Waals surface area contributed by atoms with Crippen LogP contribution in [0.15, 0.2) is 0 Å². The summed E-state index contributed by atoms with van der Waals surface area (Å²) in [5.41, 5.74) is 0. The van der Waals surface area contributed by atoms with E-state index < -0.39 is 6.10 Å². The van der Waals surface area contributed by atoms with Gasteiger partial charge in [0.15, 0.2) is 6.10 Å². The van der Waals surface area contributed by atoms with E-state index in [0.717, 1.165) is 63.7 Å². The van der Waals surface area contributed by atoms with Crippen molar-refractivity contribution in [1.82, 2.24) is 0 Å². The van der Waals surface area contributed by atoms with E-state index in [1.54, 1.807) is 0 Å². The van der Waals surface area contributed by atoms with Gasteiger partial charge in [0.1, 0.15) is 13.2 Å². The molecule has 0 N–H and O–H groups in total. The molecule has 0 unspecified atom stereocenters. The van der Waals surface area contributed by atoms with Gasteiger partial charge in [-0.2, -0.15) is 0 Å². The molecule has 0 heterocycles. The predicted octanol–water partition coefficient (Wildman–Crippen LogP) is 13.9. The summed E-state index contributed by atoms with van der Waals surface area (Å²) in [5, 5.41) is 0. The third-order valence-corrected chi connectivity index (χ3v) is 10.0. The Morgan fingerprint density at radius 3 is 0.961 bits per heavy atom. The molecule has 0 aliphatic rings. The average Bonchev–Trinajstić information content (AvgIpc) is 3.11. The summed E-state index contributed by atoms with van der Waals surface area (Å²) < 4.78 is 16.7. The number of unbranched alkanes of at least 4 members (excludes halogenated alkanes) is 27. The van der Waals surface area contributed by atoms with Crippen molar-refractivity contribution in [3.05, 3.63) is 0 Å². The van der Waals surface area contributed by atoms with Crippen LogP contribution >= 0.6 is 0 Å². The Labute approximate surface area is 317 Å². The zero-order chi connectivity index (χ0) is 37.5. The first-order valence-electron chi connectivity index (χ1n) is 22.4. The lowest BCUT2D eigenvalue weighted by molar-refractivity contribution is -0.167. The van der Waals surface area contributed by atoms with Gasteiger partial charge in [-0.15, -0.1) is 0 Å². The Morgan fingerprint density at radius 2 is 0.647 bits per heavy atom. The lowest BCUT2D eigenvalue weighted by atomic mass is 10.0. The summed E-state index contributed by atoms with van der Waals surface area (Å²) in [6.45, 7) is 8.90. The van der Waals surface area contributed by atoms with Gasteiger partial charge in [-0.25, -0.2) is 0 Å². The van der Waals surface area contributed by atoms with E-state index in [1.165, 1.54) is 141 Å². The monoisotopic (exact) mass is 723 g/mol. The molecule has 0 aliphatic heterocycles. The van der Waals surface area contributed by atoms with Gasteiger partial charge in [0.25, 0.3) is 0 Å². The second kappa shape index (κ2) is 39.6. The molecule has 0 aliphatic carbocycles. The molecule has 0 spiro atoms. The van der Waals surface area contributed by atoms with Crippen molar-refractivity contribution in [2.45, 2.75) is 252 Å². The van der Waals surface area contributed by atoms with Crippen LogP contribution in [0, 0.1) is 5.92 Å². The molecule has 0 saturated carbocycles. The molecule has 302 valence electrons. The van der Waals surface area contributed by atoms with Crippen LogP contribution in [0.5, 0.6) is 0 Å². The molecule has 6 heteroatoms. The van der Waals surface area contributed by atoms with Crippen molar-refractivity contribution in [3.63, 3.8) is 0 Å². The Morgan fingerprint density at radius 1 is 0.373 bits per heavy atom. The first kappa shape index (κ1) is 49.4. The van der Waals surface area contributed by atoms with Crippen molar-refractivity contribution in [2.75, 3.05) is 13.2 Å². The molecule has 0 aromatic carbocycles. The van der Waals surface area contributed by atoms with Gasteiger partial charge in [-0.05, 0) is 25.2 Å². The van der Waals surface area contributed by atoms with E-state index in [0.29, 0.717) is 19.3 Å². The molecule has 0 bridgehead atoms. The zero-order valence-corrected chi connectivity index (χ0v) is 34.6. The first-order valence-corrected chi connectivity index (χ1v) is 22.4. The molecule has 0 aromatic heterocycles. The third kappa shape index (κ3) is 39.5. The lowest BCUT2D eigenvalue weighted by Crippen LogP contribution is -2.30. The second-order valence-corrected chi connectivity index (χ2v) is 15.8. The number of esters is 3. The van der Waals surface area contributed by atoms with Gasteiger partial charge in [-0.1, -0.05) is 207 Å². The second-order valence-electron chi connectivity index (χ2n) is 15.8. The van der Waals surface area contributed by atoms with E-state index >= 15 is 0 Å². The fraction of sp³-hybridized carbons (Fsp3) is 0.933. The third-order valence-electron chi connectivity index (χ3n) is 10.0. The standard InChI is InChI=1S/C45H86O6/c1-5-7-9-11-13-15-16-17-18-19-20-22-23-28-32-36-43(46)49-39-42(51-45(48)38-34-30-24-21-14-12-10-8-6-2)40-50-44(47)37-33-29-26-25-27-31-35-41(3)4/h41-42H,5-40H2,1-4H3/t42-/m0/s1. The van der Waals surface area contributed by atoms with Gasteiger partial charge in [-0.3, -0.25) is 14.4 Å². The SMILES string of the molecule is CCCCCCCCCCCCCCCCCC(=O)OC[C@@H](COC(=O)CCCCCCCCC(C)C)OC(=O)CCCCCCCCCCC. The molecule has 0 radical (unpaired) electrons. The van der Waals surface area contributed by atoms with E-state index in [1.807, 2.05) is 0 Å². The number of carbonyl (C=O) groups excluding carboxylic acids is 3. The molecule has 0 aromatic rings. The van der Waals surface area contributed by atoms with Gasteiger partial charge >= 0.3 is 17.9 Å². The van der Waals surface area contributed by atoms with Crippen LogP contribution in [0.2, 0.25) is 0 Å². The maximum atomic E-state index is 12.6. The Kier molecular flexibility index (Phi) is 38.4. The van der Waals surface area contributed by atoms with Crippen LogP contribution in [0.3, 0.4) is 0 Å². The molecule has 0 saturated heterocycles. The number of hydrogen-bond donors (Lipinski definition) is 0. The zero-order valence-electron chi connectivity index (χ0n) is 34.6. The normalized spacial score (nSPS) is 11.9. The summed E-state index contributed by atoms with van der Waals surface area (Å²) in [4.78, 5) is 37.6. The Balaban J connectivity index is 4.26. The maximum Gasteiger partial charge on any atom is 0.306 e. The number of carbonyl (C=O) groups is 3. The fourth-order valence-electron chi connectivity index (χ4n) is 6.63. The lowest BCUT2D eigenvalue weighted by Gasteiger charge is -2.18. The van der Waals surface area contributed by atoms with Gasteiger partial charge in [0.2, 0.25) is 0 Å². The van der Waals surface area contributed by atoms with E-state index in [4.69, 9.17) is 14.2 Å². The first-order chi connectivity index (χ1) is 24.9. The van der Waals surface area contributed by atoms with Crippen molar-refractivity contribution >= 4 is 17.9 Å². The van der Waals surface area contributed by atoms with Gasteiger partial charge < -0.3 is 14.2 Å². The topological polar surface area (TPSA) is 78.9 Å². The predicted molar refractivity (Wildman–Crippen MR) is 215 cm³/mol. The van der Waals surface area contributed by atoms with Crippen LogP contribution in [-0.4, -0.2) is 37.2 Å². The molecule has 51 heavy (non-hydrogen) atoms. The molecule has 6 nitrogen and oxygen atoms in total. The maximum absolute atomic E-state index is 12.6. The fourth-order valence-corrected chi connectivity index (χ4v) is 6.63. The van der Waals surface area contributed by atoms with Crippen molar-refractivity contribution < 1.29 is 28.6 Å². The van der Waals surface area contributed by atoms with Crippen molar-refractivity contribution in [2.24, 2.45) is 5.92 Å². The van der Waals surface area contributed by atoms with Gasteiger partial charge in [0, 0.05) is 19.3 Å². The van der Waals surface area contributed by atoms with E-state index in [2.05, 4.69) is 27.7 Å². The quantitative estimate of drug-likeness (QED) is 0.0356. The molecular weight excluding hydrogens is 636 g/mol. The summed E-state index contributed by atoms with van der Waals surface area (Å²) >= 11 is 0. The highest BCUT2D eigenvalue weighted by molar-refractivity contribution is 5.71. The highest BCUT2D eigenvalue weighted by Gasteiger charge is 2.19. The minimum atomic E-state index is -0.758. The highest BCUT2D eigenvalue weighted by atomic mass is 16.6. The number of ether oxygens (including phenoxy) is 3. The smallest absolute Gasteiger partial charge is 0.306 e. The summed E-state index contributed by atoms with van der Waals surface area (Å²) in [5.74, 6) is -0.0988. The van der Waals surface area contributed by atoms with Gasteiger partial charge in [0.05, 0.1) is 0 Å². The van der Waals surface area contributed by atoms with Crippen LogP contribution in [-0.2, 0) is 28.6 Å². The number of rotatable bonds is 40. The van der Waals surface area contributed by atoms with Crippen LogP contribution in [0.1, 0.15) is 246 Å². The average molecular weight is 723 g/mol. The van der Waals surface area contributed by atoms with Crippen LogP contribution in [0.25, 0.3) is 0 Å². The van der Waals surface area contributed by atoms with Crippen LogP contribution < -0.4 is 0 Å². The summed E-state index contributed by atoms with van der Waals surface area (Å²) in [6.07, 6.45) is 38.1. The van der Waals surface area contributed by atoms with Crippen molar-refractivity contribution in [3.8, 4) is 0 Å². The Hall–Kier alpha value is -1.59. The molecule has 1 atom stereocenters. The minimum Gasteiger partial charge on any atom is -0.462 e. The Bertz CT molecular complexity index is 766. The summed E-state index contributed by atoms with van der Waals surface area (Å²) in [6, 6.07) is 0. The minimum absolute atomic E-state index is 0.0648. The van der Waals surface area contributed by atoms with Crippen molar-refractivity contribution in [1.29, 1.82) is 0 Å². The highest BCUT2D eigenvalue weighted by Crippen LogP contribution is 2.16. The number of hydrogen-bond acceptors (Lipinski definition) is 6. The van der Waals surface area contributed by atoms with E-state index in [9.17, 15) is 14.4 Å². The van der Waals surface area contributed by atoms with Crippen LogP contribution in [0.4, 0.5) is 0 Å².